The summed E-state index contributed by atoms with van der Waals surface area (Å²) in [4.78, 5) is 49.1. The number of amides is 3. The Hall–Kier alpha value is -3.18. The van der Waals surface area contributed by atoms with Gasteiger partial charge in [0.2, 0.25) is 17.7 Å². The summed E-state index contributed by atoms with van der Waals surface area (Å²) in [7, 11) is 0. The van der Waals surface area contributed by atoms with E-state index in [2.05, 4.69) is 16.0 Å². The van der Waals surface area contributed by atoms with Gasteiger partial charge in [0, 0.05) is 6.42 Å². The number of hydrogen-bond donors (Lipinski definition) is 7. The van der Waals surface area contributed by atoms with Gasteiger partial charge in [-0.25, -0.2) is 4.79 Å². The largest absolute Gasteiger partial charge is 0.508 e. The van der Waals surface area contributed by atoms with E-state index < -0.39 is 54.0 Å². The SMILES string of the molecule is CCC(C)C(NC(=O)C(N)C(C)O)C(=O)NC(C)C(=O)NC(Cc1ccc(O)cc1)C(=O)O. The fourth-order valence-electron chi connectivity index (χ4n) is 2.90. The number of nitrogens with one attached hydrogen (secondary N) is 3. The summed E-state index contributed by atoms with van der Waals surface area (Å²) in [5, 5.41) is 35.7. The van der Waals surface area contributed by atoms with Gasteiger partial charge in [0.05, 0.1) is 6.10 Å². The lowest BCUT2D eigenvalue weighted by molar-refractivity contribution is -0.142. The van der Waals surface area contributed by atoms with Crippen LogP contribution in [-0.4, -0.2) is 69.3 Å². The van der Waals surface area contributed by atoms with Crippen molar-refractivity contribution in [2.75, 3.05) is 0 Å². The molecule has 8 N–H and O–H groups in total. The van der Waals surface area contributed by atoms with Crippen molar-refractivity contribution in [3.8, 4) is 5.75 Å². The molecule has 184 valence electrons. The van der Waals surface area contributed by atoms with Crippen LogP contribution in [0.4, 0.5) is 0 Å². The number of rotatable bonds is 12. The minimum absolute atomic E-state index is 0.0230. The molecular formula is C22H34N4O7. The molecule has 0 radical (unpaired) electrons. The highest BCUT2D eigenvalue weighted by Crippen LogP contribution is 2.12. The van der Waals surface area contributed by atoms with Gasteiger partial charge in [-0.1, -0.05) is 32.4 Å². The highest BCUT2D eigenvalue weighted by atomic mass is 16.4. The number of benzene rings is 1. The molecule has 1 aromatic carbocycles. The van der Waals surface area contributed by atoms with Crippen molar-refractivity contribution in [2.24, 2.45) is 11.7 Å². The molecule has 11 nitrogen and oxygen atoms in total. The molecule has 3 amide bonds. The summed E-state index contributed by atoms with van der Waals surface area (Å²) in [6.45, 7) is 6.31. The number of aliphatic hydroxyl groups is 1. The normalized spacial score (nSPS) is 16.4. The monoisotopic (exact) mass is 466 g/mol. The van der Waals surface area contributed by atoms with E-state index in [1.54, 1.807) is 19.1 Å². The fraction of sp³-hybridized carbons (Fsp3) is 0.545. The molecule has 0 spiro atoms. The van der Waals surface area contributed by atoms with E-state index in [1.807, 2.05) is 6.92 Å². The predicted molar refractivity (Wildman–Crippen MR) is 120 cm³/mol. The smallest absolute Gasteiger partial charge is 0.326 e. The van der Waals surface area contributed by atoms with Gasteiger partial charge in [0.25, 0.3) is 0 Å². The lowest BCUT2D eigenvalue weighted by atomic mass is 9.97. The standard InChI is InChI=1S/C22H34N4O7/c1-5-11(2)18(26-20(30)17(23)13(4)27)21(31)24-12(3)19(29)25-16(22(32)33)10-14-6-8-15(28)9-7-14/h6-9,11-13,16-18,27-28H,5,10,23H2,1-4H3,(H,24,31)(H,25,29)(H,26,30)(H,32,33). The Morgan fingerprint density at radius 1 is 0.939 bits per heavy atom. The molecule has 1 aromatic rings. The van der Waals surface area contributed by atoms with Gasteiger partial charge in [-0.2, -0.15) is 0 Å². The summed E-state index contributed by atoms with van der Waals surface area (Å²) in [5.74, 6) is -3.59. The van der Waals surface area contributed by atoms with Crippen LogP contribution in [0.1, 0.15) is 39.7 Å². The average molecular weight is 467 g/mol. The number of carboxylic acid groups (broad SMARTS) is 1. The second-order valence-corrected chi connectivity index (χ2v) is 8.14. The highest BCUT2D eigenvalue weighted by Gasteiger charge is 2.31. The van der Waals surface area contributed by atoms with Gasteiger partial charge in [-0.3, -0.25) is 14.4 Å². The van der Waals surface area contributed by atoms with Crippen molar-refractivity contribution in [3.05, 3.63) is 29.8 Å². The molecule has 1 rings (SSSR count). The van der Waals surface area contributed by atoms with Crippen molar-refractivity contribution in [1.29, 1.82) is 0 Å². The summed E-state index contributed by atoms with van der Waals surface area (Å²) in [5.41, 5.74) is 6.22. The number of phenols is 1. The number of aromatic hydroxyl groups is 1. The van der Waals surface area contributed by atoms with Crippen molar-refractivity contribution < 1.29 is 34.5 Å². The van der Waals surface area contributed by atoms with Crippen molar-refractivity contribution in [3.63, 3.8) is 0 Å². The van der Waals surface area contributed by atoms with Crippen LogP contribution < -0.4 is 21.7 Å². The molecule has 0 aliphatic rings. The van der Waals surface area contributed by atoms with Crippen molar-refractivity contribution in [1.82, 2.24) is 16.0 Å². The maximum atomic E-state index is 12.8. The molecule has 0 fully saturated rings. The lowest BCUT2D eigenvalue weighted by Gasteiger charge is -2.27. The minimum Gasteiger partial charge on any atom is -0.508 e. The quantitative estimate of drug-likeness (QED) is 0.209. The molecule has 0 bridgehead atoms. The maximum Gasteiger partial charge on any atom is 0.326 e. The van der Waals surface area contributed by atoms with Crippen LogP contribution in [0.15, 0.2) is 24.3 Å². The number of carboxylic acids is 1. The van der Waals surface area contributed by atoms with E-state index in [0.717, 1.165) is 0 Å². The first-order valence-corrected chi connectivity index (χ1v) is 10.7. The van der Waals surface area contributed by atoms with E-state index in [-0.39, 0.29) is 18.1 Å². The van der Waals surface area contributed by atoms with E-state index in [9.17, 15) is 34.5 Å². The maximum absolute atomic E-state index is 12.8. The predicted octanol–water partition coefficient (Wildman–Crippen LogP) is -0.752. The molecule has 6 unspecified atom stereocenters. The summed E-state index contributed by atoms with van der Waals surface area (Å²) >= 11 is 0. The molecule has 0 saturated carbocycles. The van der Waals surface area contributed by atoms with Gasteiger partial charge in [-0.05, 0) is 37.5 Å². The zero-order valence-electron chi connectivity index (χ0n) is 19.2. The van der Waals surface area contributed by atoms with E-state index in [4.69, 9.17) is 5.73 Å². The number of phenolic OH excluding ortho intramolecular Hbond substituents is 1. The van der Waals surface area contributed by atoms with Gasteiger partial charge >= 0.3 is 5.97 Å². The van der Waals surface area contributed by atoms with Gasteiger partial charge in [-0.15, -0.1) is 0 Å². The Morgan fingerprint density at radius 2 is 1.52 bits per heavy atom. The third-order valence-corrected chi connectivity index (χ3v) is 5.36. The molecule has 0 saturated heterocycles. The summed E-state index contributed by atoms with van der Waals surface area (Å²) in [6.07, 6.45) is -0.599. The van der Waals surface area contributed by atoms with Crippen LogP contribution in [0.25, 0.3) is 0 Å². The summed E-state index contributed by atoms with van der Waals surface area (Å²) in [6, 6.07) is 1.33. The number of hydrogen-bond acceptors (Lipinski definition) is 7. The molecule has 6 atom stereocenters. The van der Waals surface area contributed by atoms with Crippen LogP contribution in [0.3, 0.4) is 0 Å². The fourth-order valence-corrected chi connectivity index (χ4v) is 2.90. The first kappa shape index (κ1) is 27.9. The third-order valence-electron chi connectivity index (χ3n) is 5.36. The topological polar surface area (TPSA) is 191 Å². The third kappa shape index (κ3) is 8.70. The van der Waals surface area contributed by atoms with Crippen LogP contribution in [-0.2, 0) is 25.6 Å². The molecule has 33 heavy (non-hydrogen) atoms. The first-order valence-electron chi connectivity index (χ1n) is 10.7. The van der Waals surface area contributed by atoms with E-state index >= 15 is 0 Å². The Bertz CT molecular complexity index is 829. The van der Waals surface area contributed by atoms with Crippen LogP contribution in [0.5, 0.6) is 5.75 Å². The molecule has 0 heterocycles. The van der Waals surface area contributed by atoms with Gasteiger partial charge in [0.15, 0.2) is 0 Å². The lowest BCUT2D eigenvalue weighted by Crippen LogP contribution is -2.59. The minimum atomic E-state index is -1.26. The first-order chi connectivity index (χ1) is 15.4. The second-order valence-electron chi connectivity index (χ2n) is 8.14. The van der Waals surface area contributed by atoms with Crippen LogP contribution >= 0.6 is 0 Å². The molecule has 0 aliphatic carbocycles. The second kappa shape index (κ2) is 12.8. The number of nitrogens with two attached hydrogens (primary N) is 1. The Kier molecular flexibility index (Phi) is 10.8. The van der Waals surface area contributed by atoms with Crippen molar-refractivity contribution in [2.45, 2.75) is 70.8 Å². The molecule has 0 aliphatic heterocycles. The number of carbonyl (C=O) groups is 4. The molecule has 0 aromatic heterocycles. The molecular weight excluding hydrogens is 432 g/mol. The number of aliphatic carboxylic acids is 1. The zero-order chi connectivity index (χ0) is 25.3. The Balaban J connectivity index is 2.82. The Labute approximate surface area is 192 Å². The number of aliphatic hydroxyl groups excluding tert-OH is 1. The van der Waals surface area contributed by atoms with Gasteiger partial charge in [0.1, 0.15) is 29.9 Å². The number of carbonyl (C=O) groups excluding carboxylic acids is 3. The van der Waals surface area contributed by atoms with E-state index in [0.29, 0.717) is 12.0 Å². The van der Waals surface area contributed by atoms with E-state index in [1.165, 1.54) is 26.0 Å². The summed E-state index contributed by atoms with van der Waals surface area (Å²) < 4.78 is 0. The van der Waals surface area contributed by atoms with Crippen LogP contribution in [0.2, 0.25) is 0 Å². The average Bonchev–Trinajstić information content (AvgIpc) is 2.76. The highest BCUT2D eigenvalue weighted by molar-refractivity contribution is 5.94. The van der Waals surface area contributed by atoms with Crippen LogP contribution in [0, 0.1) is 5.92 Å². The van der Waals surface area contributed by atoms with Gasteiger partial charge < -0.3 is 37.0 Å². The Morgan fingerprint density at radius 3 is 2.00 bits per heavy atom. The molecule has 11 heteroatoms. The zero-order valence-corrected chi connectivity index (χ0v) is 19.2. The van der Waals surface area contributed by atoms with Crippen molar-refractivity contribution >= 4 is 23.7 Å².